The topological polar surface area (TPSA) is 119 Å². The minimum absolute atomic E-state index is 0.0554. The van der Waals surface area contributed by atoms with Crippen LogP contribution in [-0.2, 0) is 11.3 Å². The van der Waals surface area contributed by atoms with Crippen molar-refractivity contribution in [3.63, 3.8) is 0 Å². The molecule has 2 aromatic carbocycles. The predicted octanol–water partition coefficient (Wildman–Crippen LogP) is 2.39. The van der Waals surface area contributed by atoms with E-state index in [1.807, 2.05) is 26.1 Å². The summed E-state index contributed by atoms with van der Waals surface area (Å²) in [7, 11) is 1.54. The molecule has 0 aliphatic carbocycles. The molecule has 1 fully saturated rings. The normalized spacial score (nSPS) is 19.2. The SMILES string of the molecule is CNC(=O)c1ccc(C2=CNC(N3CCN(C(=O)CO)[C@H](C)C3)N=C2)c(C)c1NCc1ccccc1OC(F)F. The summed E-state index contributed by atoms with van der Waals surface area (Å²) in [6.07, 6.45) is 3.34. The van der Waals surface area contributed by atoms with E-state index in [4.69, 9.17) is 4.99 Å². The lowest BCUT2D eigenvalue weighted by Gasteiger charge is -2.42. The van der Waals surface area contributed by atoms with Crippen molar-refractivity contribution in [3.8, 4) is 5.75 Å². The number of nitrogens with zero attached hydrogens (tertiary/aromatic N) is 3. The zero-order valence-corrected chi connectivity index (χ0v) is 22.7. The van der Waals surface area contributed by atoms with E-state index in [1.54, 1.807) is 42.4 Å². The first-order chi connectivity index (χ1) is 19.2. The highest BCUT2D eigenvalue weighted by atomic mass is 19.3. The van der Waals surface area contributed by atoms with Crippen LogP contribution in [0, 0.1) is 6.92 Å². The van der Waals surface area contributed by atoms with Gasteiger partial charge in [0.25, 0.3) is 5.91 Å². The number of nitrogens with one attached hydrogen (secondary N) is 3. The molecule has 0 bridgehead atoms. The quantitative estimate of drug-likeness (QED) is 0.375. The van der Waals surface area contributed by atoms with Crippen LogP contribution in [0.4, 0.5) is 14.5 Å². The van der Waals surface area contributed by atoms with Crippen LogP contribution in [0.2, 0.25) is 0 Å². The number of ether oxygens (including phenoxy) is 1. The van der Waals surface area contributed by atoms with Crippen molar-refractivity contribution in [1.29, 1.82) is 0 Å². The minimum Gasteiger partial charge on any atom is -0.434 e. The Morgan fingerprint density at radius 1 is 1.23 bits per heavy atom. The zero-order valence-electron chi connectivity index (χ0n) is 22.7. The lowest BCUT2D eigenvalue weighted by Crippen LogP contribution is -2.59. The van der Waals surface area contributed by atoms with E-state index >= 15 is 0 Å². The molecule has 12 heteroatoms. The number of aliphatic imine (C=N–C) groups is 1. The number of rotatable bonds is 9. The van der Waals surface area contributed by atoms with Crippen LogP contribution < -0.4 is 20.7 Å². The molecule has 0 radical (unpaired) electrons. The number of piperazine rings is 1. The van der Waals surface area contributed by atoms with Gasteiger partial charge in [-0.25, -0.2) is 0 Å². The molecule has 2 aromatic rings. The first-order valence-corrected chi connectivity index (χ1v) is 13.0. The molecule has 2 atom stereocenters. The number of aliphatic hydroxyl groups excluding tert-OH is 1. The summed E-state index contributed by atoms with van der Waals surface area (Å²) in [6.45, 7) is 2.26. The number of hydrogen-bond acceptors (Lipinski definition) is 8. The van der Waals surface area contributed by atoms with Crippen molar-refractivity contribution in [3.05, 3.63) is 64.9 Å². The fraction of sp³-hybridized carbons (Fsp3) is 0.393. The van der Waals surface area contributed by atoms with Crippen LogP contribution in [0.5, 0.6) is 5.75 Å². The molecule has 214 valence electrons. The number of amides is 2. The van der Waals surface area contributed by atoms with E-state index < -0.39 is 13.2 Å². The van der Waals surface area contributed by atoms with Gasteiger partial charge in [-0.2, -0.15) is 8.78 Å². The molecule has 2 aliphatic rings. The third kappa shape index (κ3) is 6.40. The summed E-state index contributed by atoms with van der Waals surface area (Å²) >= 11 is 0. The standard InChI is InChI=1S/C28H34F2N6O4/c1-17-15-35(10-11-36(17)24(38)16-37)28-33-13-20(14-34-28)21-8-9-22(26(39)31-3)25(18(21)2)32-12-19-6-4-5-7-23(19)40-27(29)30/h4-9,13-14,17,27-28,32-33,37H,10-12,15-16H2,1-3H3,(H,31,39)/t17-,28?/m1/s1. The number of alkyl halides is 2. The van der Waals surface area contributed by atoms with Crippen LogP contribution in [0.15, 0.2) is 47.6 Å². The largest absolute Gasteiger partial charge is 0.434 e. The van der Waals surface area contributed by atoms with Gasteiger partial charge in [-0.15, -0.1) is 0 Å². The second-order valence-electron chi connectivity index (χ2n) is 9.59. The fourth-order valence-electron chi connectivity index (χ4n) is 5.03. The molecule has 4 N–H and O–H groups in total. The highest BCUT2D eigenvalue weighted by Crippen LogP contribution is 2.31. The molecule has 2 amide bonds. The van der Waals surface area contributed by atoms with E-state index in [1.165, 1.54) is 6.07 Å². The van der Waals surface area contributed by atoms with Crippen LogP contribution in [0.1, 0.15) is 34.0 Å². The van der Waals surface area contributed by atoms with Gasteiger partial charge in [-0.3, -0.25) is 19.5 Å². The summed E-state index contributed by atoms with van der Waals surface area (Å²) in [4.78, 5) is 33.1. The first kappa shape index (κ1) is 29.0. The molecular weight excluding hydrogens is 522 g/mol. The van der Waals surface area contributed by atoms with E-state index in [0.29, 0.717) is 36.4 Å². The van der Waals surface area contributed by atoms with Gasteiger partial charge in [0.2, 0.25) is 5.91 Å². The van der Waals surface area contributed by atoms with Crippen molar-refractivity contribution >= 4 is 29.3 Å². The fourth-order valence-corrected chi connectivity index (χ4v) is 5.03. The number of benzene rings is 2. The Bertz CT molecular complexity index is 1300. The highest BCUT2D eigenvalue weighted by molar-refractivity contribution is 6.12. The van der Waals surface area contributed by atoms with Crippen LogP contribution in [0.25, 0.3) is 5.57 Å². The van der Waals surface area contributed by atoms with Crippen molar-refractivity contribution in [2.75, 3.05) is 38.6 Å². The molecule has 1 saturated heterocycles. The lowest BCUT2D eigenvalue weighted by molar-refractivity contribution is -0.139. The van der Waals surface area contributed by atoms with E-state index in [9.17, 15) is 23.5 Å². The van der Waals surface area contributed by atoms with Gasteiger partial charge in [-0.05, 0) is 37.1 Å². The van der Waals surface area contributed by atoms with Crippen molar-refractivity contribution < 1.29 is 28.2 Å². The Hall–Kier alpha value is -4.03. The second kappa shape index (κ2) is 12.9. The van der Waals surface area contributed by atoms with Gasteiger partial charge in [0.1, 0.15) is 12.4 Å². The minimum atomic E-state index is -2.95. The number of carbonyl (C=O) groups is 2. The second-order valence-corrected chi connectivity index (χ2v) is 9.59. The van der Waals surface area contributed by atoms with Gasteiger partial charge >= 0.3 is 6.61 Å². The number of halogens is 2. The van der Waals surface area contributed by atoms with Gasteiger partial charge in [0.05, 0.1) is 11.3 Å². The Labute approximate surface area is 231 Å². The Balaban J connectivity index is 1.52. The molecule has 10 nitrogen and oxygen atoms in total. The molecule has 4 rings (SSSR count). The third-order valence-corrected chi connectivity index (χ3v) is 7.10. The molecule has 0 spiro atoms. The molecule has 1 unspecified atom stereocenters. The smallest absolute Gasteiger partial charge is 0.387 e. The Morgan fingerprint density at radius 2 is 2.00 bits per heavy atom. The molecule has 2 aliphatic heterocycles. The average molecular weight is 557 g/mol. The van der Waals surface area contributed by atoms with Crippen molar-refractivity contribution in [2.45, 2.75) is 39.3 Å². The third-order valence-electron chi connectivity index (χ3n) is 7.10. The highest BCUT2D eigenvalue weighted by Gasteiger charge is 2.31. The Kier molecular flexibility index (Phi) is 9.33. The number of hydrogen-bond donors (Lipinski definition) is 4. The van der Waals surface area contributed by atoms with Crippen LogP contribution in [-0.4, -0.2) is 85.2 Å². The van der Waals surface area contributed by atoms with Crippen LogP contribution in [0.3, 0.4) is 0 Å². The summed E-state index contributed by atoms with van der Waals surface area (Å²) in [5.41, 5.74) is 3.94. The van der Waals surface area contributed by atoms with Crippen molar-refractivity contribution in [2.24, 2.45) is 4.99 Å². The number of para-hydroxylation sites is 1. The number of aliphatic hydroxyl groups is 1. The summed E-state index contributed by atoms with van der Waals surface area (Å²) < 4.78 is 30.4. The molecular formula is C28H34F2N6O4. The van der Waals surface area contributed by atoms with E-state index in [-0.39, 0.29) is 36.4 Å². The molecule has 2 heterocycles. The van der Waals surface area contributed by atoms with E-state index in [2.05, 4.69) is 25.6 Å². The number of anilines is 1. The maximum Gasteiger partial charge on any atom is 0.387 e. The van der Waals surface area contributed by atoms with Gasteiger partial charge < -0.3 is 30.7 Å². The van der Waals surface area contributed by atoms with Gasteiger partial charge in [0.15, 0.2) is 6.29 Å². The van der Waals surface area contributed by atoms with Gasteiger partial charge in [0, 0.05) is 62.8 Å². The summed E-state index contributed by atoms with van der Waals surface area (Å²) in [5, 5.41) is 18.4. The number of allylic oxidation sites excluding steroid dienone is 1. The van der Waals surface area contributed by atoms with Crippen molar-refractivity contribution in [1.82, 2.24) is 20.4 Å². The van der Waals surface area contributed by atoms with E-state index in [0.717, 1.165) is 16.7 Å². The maximum atomic E-state index is 12.9. The molecule has 40 heavy (non-hydrogen) atoms. The number of carbonyl (C=O) groups excluding carboxylic acids is 2. The maximum absolute atomic E-state index is 12.9. The average Bonchev–Trinajstić information content (AvgIpc) is 2.96. The lowest BCUT2D eigenvalue weighted by atomic mass is 9.96. The van der Waals surface area contributed by atoms with Gasteiger partial charge in [-0.1, -0.05) is 24.3 Å². The molecule has 0 aromatic heterocycles. The summed E-state index contributed by atoms with van der Waals surface area (Å²) in [6, 6.07) is 10.0. The monoisotopic (exact) mass is 556 g/mol. The predicted molar refractivity (Wildman–Crippen MR) is 148 cm³/mol. The summed E-state index contributed by atoms with van der Waals surface area (Å²) in [5.74, 6) is -0.500. The first-order valence-electron chi connectivity index (χ1n) is 13.0. The Morgan fingerprint density at radius 3 is 2.65 bits per heavy atom. The molecule has 0 saturated carbocycles. The zero-order chi connectivity index (χ0) is 28.8. The van der Waals surface area contributed by atoms with Crippen LogP contribution >= 0.6 is 0 Å².